The van der Waals surface area contributed by atoms with E-state index in [2.05, 4.69) is 10.6 Å². The van der Waals surface area contributed by atoms with Gasteiger partial charge in [-0.05, 0) is 31.4 Å². The monoisotopic (exact) mass is 492 g/mol. The molecule has 3 amide bonds. The van der Waals surface area contributed by atoms with Crippen LogP contribution in [0.25, 0.3) is 0 Å². The Labute approximate surface area is 200 Å². The van der Waals surface area contributed by atoms with Crippen LogP contribution in [0.5, 0.6) is 0 Å². The zero-order valence-electron chi connectivity index (χ0n) is 19.5. The van der Waals surface area contributed by atoms with E-state index in [-0.39, 0.29) is 38.0 Å². The molecule has 1 unspecified atom stereocenters. The fraction of sp³-hybridized carbons (Fsp3) is 0.478. The van der Waals surface area contributed by atoms with Crippen LogP contribution in [0, 0.1) is 19.8 Å². The zero-order chi connectivity index (χ0) is 24.2. The molecule has 1 atom stereocenters. The molecule has 33 heavy (non-hydrogen) atoms. The van der Waals surface area contributed by atoms with Gasteiger partial charge in [0.1, 0.15) is 6.04 Å². The summed E-state index contributed by atoms with van der Waals surface area (Å²) in [6.45, 7) is 8.86. The van der Waals surface area contributed by atoms with Crippen molar-refractivity contribution in [2.24, 2.45) is 5.92 Å². The van der Waals surface area contributed by atoms with Gasteiger partial charge in [0.25, 0.3) is 0 Å². The van der Waals surface area contributed by atoms with E-state index in [0.717, 1.165) is 15.3 Å². The quantitative estimate of drug-likeness (QED) is 0.621. The topological polar surface area (TPSA) is 98.8 Å². The van der Waals surface area contributed by atoms with Gasteiger partial charge in [0.15, 0.2) is 0 Å². The lowest BCUT2D eigenvalue weighted by molar-refractivity contribution is -0.135. The van der Waals surface area contributed by atoms with Crippen molar-refractivity contribution in [1.29, 1.82) is 0 Å². The predicted octanol–water partition coefficient (Wildman–Crippen LogP) is 2.72. The van der Waals surface area contributed by atoms with Gasteiger partial charge in [-0.1, -0.05) is 44.2 Å². The van der Waals surface area contributed by atoms with E-state index in [4.69, 9.17) is 0 Å². The second-order valence-electron chi connectivity index (χ2n) is 8.54. The van der Waals surface area contributed by atoms with Crippen molar-refractivity contribution in [3.63, 3.8) is 0 Å². The maximum Gasteiger partial charge on any atom is 0.315 e. The molecule has 0 radical (unpaired) electrons. The first-order valence-electron chi connectivity index (χ1n) is 11.0. The lowest BCUT2D eigenvalue weighted by Crippen LogP contribution is -2.58. The van der Waals surface area contributed by atoms with E-state index in [1.807, 2.05) is 58.0 Å². The standard InChI is InChI=1S/C23H32N4O4S2/c1-16(2)21(25-23(29)24-15-19-8-6-5-7-9-19)22(28)26-10-12-27(13-11-26)33(30,31)20-14-17(3)32-18(20)4/h5-9,14,16,21H,10-13,15H2,1-4H3,(H2,24,25,29). The van der Waals surface area contributed by atoms with Gasteiger partial charge in [0.05, 0.1) is 4.90 Å². The molecule has 1 saturated heterocycles. The number of benzene rings is 1. The number of hydrogen-bond acceptors (Lipinski definition) is 5. The van der Waals surface area contributed by atoms with Crippen LogP contribution in [0.4, 0.5) is 4.79 Å². The fourth-order valence-corrected chi connectivity index (χ4v) is 6.78. The van der Waals surface area contributed by atoms with E-state index in [9.17, 15) is 18.0 Å². The Kier molecular flexibility index (Phi) is 8.14. The third kappa shape index (κ3) is 6.13. The lowest BCUT2D eigenvalue weighted by Gasteiger charge is -2.36. The Morgan fingerprint density at radius 2 is 1.70 bits per heavy atom. The lowest BCUT2D eigenvalue weighted by atomic mass is 10.0. The fourth-order valence-electron chi connectivity index (χ4n) is 3.83. The summed E-state index contributed by atoms with van der Waals surface area (Å²) in [4.78, 5) is 29.3. The van der Waals surface area contributed by atoms with Gasteiger partial charge in [0, 0.05) is 42.5 Å². The third-order valence-corrected chi connectivity index (χ3v) is 8.80. The number of amides is 3. The second kappa shape index (κ2) is 10.7. The van der Waals surface area contributed by atoms with Crippen molar-refractivity contribution in [2.45, 2.75) is 45.2 Å². The number of thiophene rings is 1. The van der Waals surface area contributed by atoms with Gasteiger partial charge in [-0.3, -0.25) is 4.79 Å². The molecule has 0 bridgehead atoms. The predicted molar refractivity (Wildman–Crippen MR) is 130 cm³/mol. The van der Waals surface area contributed by atoms with Crippen LogP contribution in [-0.4, -0.2) is 61.8 Å². The molecular formula is C23H32N4O4S2. The number of nitrogens with one attached hydrogen (secondary N) is 2. The number of nitrogens with zero attached hydrogens (tertiary/aromatic N) is 2. The maximum atomic E-state index is 13.2. The minimum atomic E-state index is -3.58. The summed E-state index contributed by atoms with van der Waals surface area (Å²) in [5.74, 6) is -0.308. The normalized spacial score (nSPS) is 16.0. The van der Waals surface area contributed by atoms with Crippen LogP contribution in [0.2, 0.25) is 0 Å². The van der Waals surface area contributed by atoms with Crippen LogP contribution in [0.3, 0.4) is 0 Å². The molecule has 8 nitrogen and oxygen atoms in total. The highest BCUT2D eigenvalue weighted by atomic mass is 32.2. The van der Waals surface area contributed by atoms with Crippen molar-refractivity contribution in [2.75, 3.05) is 26.2 Å². The summed E-state index contributed by atoms with van der Waals surface area (Å²) in [5.41, 5.74) is 0.966. The zero-order valence-corrected chi connectivity index (χ0v) is 21.1. The molecule has 1 fully saturated rings. The molecule has 0 spiro atoms. The molecular weight excluding hydrogens is 460 g/mol. The molecule has 10 heteroatoms. The highest BCUT2D eigenvalue weighted by Gasteiger charge is 2.35. The van der Waals surface area contributed by atoms with Crippen LogP contribution >= 0.6 is 11.3 Å². The molecule has 3 rings (SSSR count). The Bertz CT molecular complexity index is 1080. The molecule has 2 N–H and O–H groups in total. The average Bonchev–Trinajstić information content (AvgIpc) is 3.15. The highest BCUT2D eigenvalue weighted by Crippen LogP contribution is 2.28. The largest absolute Gasteiger partial charge is 0.338 e. The van der Waals surface area contributed by atoms with E-state index in [1.165, 1.54) is 15.6 Å². The molecule has 1 aromatic heterocycles. The average molecular weight is 493 g/mol. The van der Waals surface area contributed by atoms with Crippen LogP contribution in [0.1, 0.15) is 29.2 Å². The summed E-state index contributed by atoms with van der Waals surface area (Å²) in [7, 11) is -3.58. The van der Waals surface area contributed by atoms with Crippen LogP contribution in [-0.2, 0) is 21.4 Å². The van der Waals surface area contributed by atoms with Crippen molar-refractivity contribution in [1.82, 2.24) is 19.8 Å². The van der Waals surface area contributed by atoms with E-state index in [0.29, 0.717) is 11.4 Å². The number of urea groups is 1. The van der Waals surface area contributed by atoms with Gasteiger partial charge in [-0.25, -0.2) is 13.2 Å². The van der Waals surface area contributed by atoms with Crippen LogP contribution in [0.15, 0.2) is 41.3 Å². The number of carbonyl (C=O) groups excluding carboxylic acids is 2. The van der Waals surface area contributed by atoms with Gasteiger partial charge in [0.2, 0.25) is 15.9 Å². The van der Waals surface area contributed by atoms with E-state index < -0.39 is 22.1 Å². The summed E-state index contributed by atoms with van der Waals surface area (Å²) in [6, 6.07) is 10.1. The van der Waals surface area contributed by atoms with Gasteiger partial charge in [-0.15, -0.1) is 11.3 Å². The van der Waals surface area contributed by atoms with Crippen molar-refractivity contribution in [3.8, 4) is 0 Å². The molecule has 1 aromatic carbocycles. The summed E-state index contributed by atoms with van der Waals surface area (Å²) < 4.78 is 27.5. The molecule has 2 heterocycles. The van der Waals surface area contributed by atoms with Crippen molar-refractivity contribution >= 4 is 33.3 Å². The summed E-state index contributed by atoms with van der Waals surface area (Å²) in [6.07, 6.45) is 0. The number of carbonyl (C=O) groups is 2. The van der Waals surface area contributed by atoms with Gasteiger partial charge in [-0.2, -0.15) is 4.31 Å². The molecule has 180 valence electrons. The van der Waals surface area contributed by atoms with Crippen LogP contribution < -0.4 is 10.6 Å². The highest BCUT2D eigenvalue weighted by molar-refractivity contribution is 7.89. The number of aryl methyl sites for hydroxylation is 2. The molecule has 1 aliphatic heterocycles. The van der Waals surface area contributed by atoms with Crippen molar-refractivity contribution < 1.29 is 18.0 Å². The second-order valence-corrected chi connectivity index (χ2v) is 11.9. The summed E-state index contributed by atoms with van der Waals surface area (Å²) >= 11 is 1.46. The summed E-state index contributed by atoms with van der Waals surface area (Å²) in [5, 5.41) is 5.58. The first-order valence-corrected chi connectivity index (χ1v) is 13.3. The smallest absolute Gasteiger partial charge is 0.315 e. The Hall–Kier alpha value is -2.43. The Morgan fingerprint density at radius 3 is 2.24 bits per heavy atom. The number of hydrogen-bond donors (Lipinski definition) is 2. The number of piperazine rings is 1. The van der Waals surface area contributed by atoms with Gasteiger partial charge < -0.3 is 15.5 Å². The van der Waals surface area contributed by atoms with Crippen molar-refractivity contribution in [3.05, 3.63) is 51.7 Å². The minimum absolute atomic E-state index is 0.113. The first-order chi connectivity index (χ1) is 15.6. The molecule has 1 aliphatic rings. The van der Waals surface area contributed by atoms with Gasteiger partial charge >= 0.3 is 6.03 Å². The third-order valence-electron chi connectivity index (χ3n) is 5.68. The Morgan fingerprint density at radius 1 is 1.06 bits per heavy atom. The SMILES string of the molecule is Cc1cc(S(=O)(=O)N2CCN(C(=O)C(NC(=O)NCc3ccccc3)C(C)C)CC2)c(C)s1. The number of rotatable bonds is 7. The maximum absolute atomic E-state index is 13.2. The number of sulfonamides is 1. The molecule has 2 aromatic rings. The Balaban J connectivity index is 1.58. The molecule has 0 saturated carbocycles. The van der Waals surface area contributed by atoms with E-state index >= 15 is 0 Å². The molecule has 0 aliphatic carbocycles. The minimum Gasteiger partial charge on any atom is -0.338 e. The first kappa shape index (κ1) is 25.2. The van der Waals surface area contributed by atoms with E-state index in [1.54, 1.807) is 11.0 Å².